The molecule has 0 aliphatic carbocycles. The Morgan fingerprint density at radius 3 is 2.65 bits per heavy atom. The molecule has 1 atom stereocenters. The average Bonchev–Trinajstić information content (AvgIpc) is 2.92. The lowest BCUT2D eigenvalue weighted by molar-refractivity contribution is -0.384. The Morgan fingerprint density at radius 1 is 1.43 bits per heavy atom. The average molecular weight is 339 g/mol. The standard InChI is InChI=1S/C15H15ClN2O5/c1-9-3-6-13(23-9)15(2,20)8-17-14(19)11-5-4-10(18(21)22)7-12(11)16/h3-7,20H,8H2,1-2H3,(H,17,19). The Hall–Kier alpha value is -2.38. The van der Waals surface area contributed by atoms with E-state index in [4.69, 9.17) is 16.0 Å². The summed E-state index contributed by atoms with van der Waals surface area (Å²) in [5, 5.41) is 23.5. The topological polar surface area (TPSA) is 106 Å². The van der Waals surface area contributed by atoms with Gasteiger partial charge in [-0.05, 0) is 32.0 Å². The summed E-state index contributed by atoms with van der Waals surface area (Å²) >= 11 is 5.89. The Morgan fingerprint density at radius 2 is 2.13 bits per heavy atom. The van der Waals surface area contributed by atoms with Gasteiger partial charge in [0.15, 0.2) is 0 Å². The minimum Gasteiger partial charge on any atom is -0.463 e. The van der Waals surface area contributed by atoms with Crippen molar-refractivity contribution in [2.45, 2.75) is 19.4 Å². The van der Waals surface area contributed by atoms with Crippen LogP contribution in [0.25, 0.3) is 0 Å². The zero-order valence-corrected chi connectivity index (χ0v) is 13.3. The van der Waals surface area contributed by atoms with Crippen molar-refractivity contribution in [3.8, 4) is 0 Å². The Labute approximate surface area is 137 Å². The number of hydrogen-bond donors (Lipinski definition) is 2. The van der Waals surface area contributed by atoms with E-state index in [0.717, 1.165) is 6.07 Å². The fourth-order valence-electron chi connectivity index (χ4n) is 1.96. The van der Waals surface area contributed by atoms with Gasteiger partial charge in [0.25, 0.3) is 11.6 Å². The highest BCUT2D eigenvalue weighted by atomic mass is 35.5. The summed E-state index contributed by atoms with van der Waals surface area (Å²) in [4.78, 5) is 22.2. The van der Waals surface area contributed by atoms with Crippen LogP contribution in [0, 0.1) is 17.0 Å². The lowest BCUT2D eigenvalue weighted by Gasteiger charge is -2.21. The minimum absolute atomic E-state index is 0.0369. The number of carbonyl (C=O) groups excluding carboxylic acids is 1. The van der Waals surface area contributed by atoms with Crippen molar-refractivity contribution < 1.29 is 19.2 Å². The summed E-state index contributed by atoms with van der Waals surface area (Å²) < 4.78 is 5.35. The lowest BCUT2D eigenvalue weighted by atomic mass is 10.0. The molecular formula is C15H15ClN2O5. The number of nitro benzene ring substituents is 1. The van der Waals surface area contributed by atoms with E-state index in [-0.39, 0.29) is 22.8 Å². The molecule has 2 N–H and O–H groups in total. The van der Waals surface area contributed by atoms with Crippen molar-refractivity contribution in [3.63, 3.8) is 0 Å². The summed E-state index contributed by atoms with van der Waals surface area (Å²) in [5.74, 6) is 0.420. The molecule has 0 fully saturated rings. The highest BCUT2D eigenvalue weighted by molar-refractivity contribution is 6.34. The van der Waals surface area contributed by atoms with Crippen LogP contribution in [-0.2, 0) is 5.60 Å². The SMILES string of the molecule is Cc1ccc(C(C)(O)CNC(=O)c2ccc([N+](=O)[O-])cc2Cl)o1. The molecule has 0 saturated carbocycles. The molecular weight excluding hydrogens is 324 g/mol. The van der Waals surface area contributed by atoms with Gasteiger partial charge in [-0.3, -0.25) is 14.9 Å². The first-order valence-electron chi connectivity index (χ1n) is 6.72. The number of aryl methyl sites for hydroxylation is 1. The van der Waals surface area contributed by atoms with Gasteiger partial charge in [0.2, 0.25) is 0 Å². The van der Waals surface area contributed by atoms with Crippen molar-refractivity contribution in [3.05, 3.63) is 62.6 Å². The predicted molar refractivity (Wildman–Crippen MR) is 83.5 cm³/mol. The van der Waals surface area contributed by atoms with Crippen LogP contribution in [0.2, 0.25) is 5.02 Å². The number of amides is 1. The van der Waals surface area contributed by atoms with Crippen LogP contribution in [0.1, 0.15) is 28.8 Å². The Bertz CT molecular complexity index is 754. The number of non-ortho nitro benzene ring substituents is 1. The van der Waals surface area contributed by atoms with Gasteiger partial charge in [0.1, 0.15) is 17.1 Å². The van der Waals surface area contributed by atoms with E-state index >= 15 is 0 Å². The first kappa shape index (κ1) is 17.0. The number of benzene rings is 1. The van der Waals surface area contributed by atoms with Gasteiger partial charge in [-0.15, -0.1) is 0 Å². The number of halogens is 1. The number of rotatable bonds is 5. The third-order valence-electron chi connectivity index (χ3n) is 3.27. The molecule has 0 aliphatic rings. The number of nitro groups is 1. The molecule has 1 heterocycles. The number of furan rings is 1. The van der Waals surface area contributed by atoms with Crippen LogP contribution >= 0.6 is 11.6 Å². The van der Waals surface area contributed by atoms with Gasteiger partial charge in [-0.2, -0.15) is 0 Å². The fourth-order valence-corrected chi connectivity index (χ4v) is 2.22. The minimum atomic E-state index is -1.39. The number of nitrogens with zero attached hydrogens (tertiary/aromatic N) is 1. The Balaban J connectivity index is 2.09. The largest absolute Gasteiger partial charge is 0.463 e. The molecule has 0 radical (unpaired) electrons. The molecule has 122 valence electrons. The van der Waals surface area contributed by atoms with Gasteiger partial charge >= 0.3 is 0 Å². The molecule has 8 heteroatoms. The van der Waals surface area contributed by atoms with Crippen LogP contribution in [0.15, 0.2) is 34.7 Å². The van der Waals surface area contributed by atoms with Gasteiger partial charge in [0, 0.05) is 12.1 Å². The highest BCUT2D eigenvalue weighted by Crippen LogP contribution is 2.24. The fraction of sp³-hybridized carbons (Fsp3) is 0.267. The molecule has 0 saturated heterocycles. The van der Waals surface area contributed by atoms with Crippen molar-refractivity contribution in [2.75, 3.05) is 6.54 Å². The zero-order chi connectivity index (χ0) is 17.2. The second-order valence-electron chi connectivity index (χ2n) is 5.29. The molecule has 2 rings (SSSR count). The highest BCUT2D eigenvalue weighted by Gasteiger charge is 2.28. The van der Waals surface area contributed by atoms with E-state index in [2.05, 4.69) is 5.32 Å². The first-order chi connectivity index (χ1) is 10.7. The third-order valence-corrected chi connectivity index (χ3v) is 3.59. The quantitative estimate of drug-likeness (QED) is 0.644. The van der Waals surface area contributed by atoms with E-state index in [9.17, 15) is 20.0 Å². The molecule has 0 bridgehead atoms. The summed E-state index contributed by atoms with van der Waals surface area (Å²) in [6.45, 7) is 3.14. The smallest absolute Gasteiger partial charge is 0.270 e. The van der Waals surface area contributed by atoms with Crippen molar-refractivity contribution in [2.24, 2.45) is 0 Å². The maximum absolute atomic E-state index is 12.1. The van der Waals surface area contributed by atoms with E-state index in [1.165, 1.54) is 19.1 Å². The van der Waals surface area contributed by atoms with Gasteiger partial charge in [-0.25, -0.2) is 0 Å². The van der Waals surface area contributed by atoms with Crippen LogP contribution in [0.3, 0.4) is 0 Å². The molecule has 7 nitrogen and oxygen atoms in total. The van der Waals surface area contributed by atoms with Gasteiger partial charge in [0.05, 0.1) is 22.1 Å². The van der Waals surface area contributed by atoms with E-state index in [1.807, 2.05) is 0 Å². The predicted octanol–water partition coefficient (Wildman–Crippen LogP) is 2.79. The number of carbonyl (C=O) groups is 1. The molecule has 0 aliphatic heterocycles. The summed E-state index contributed by atoms with van der Waals surface area (Å²) in [6.07, 6.45) is 0. The van der Waals surface area contributed by atoms with Crippen molar-refractivity contribution in [1.82, 2.24) is 5.32 Å². The van der Waals surface area contributed by atoms with E-state index < -0.39 is 16.4 Å². The lowest BCUT2D eigenvalue weighted by Crippen LogP contribution is -2.38. The monoisotopic (exact) mass is 338 g/mol. The summed E-state index contributed by atoms with van der Waals surface area (Å²) in [6, 6.07) is 6.89. The third kappa shape index (κ3) is 3.88. The molecule has 2 aromatic rings. The van der Waals surface area contributed by atoms with Crippen LogP contribution < -0.4 is 5.32 Å². The van der Waals surface area contributed by atoms with Gasteiger partial charge < -0.3 is 14.8 Å². The van der Waals surface area contributed by atoms with Crippen LogP contribution in [0.4, 0.5) is 5.69 Å². The maximum Gasteiger partial charge on any atom is 0.270 e. The molecule has 1 unspecified atom stereocenters. The molecule has 0 spiro atoms. The Kier molecular flexibility index (Phi) is 4.72. The van der Waals surface area contributed by atoms with Crippen LogP contribution in [0.5, 0.6) is 0 Å². The molecule has 23 heavy (non-hydrogen) atoms. The second-order valence-corrected chi connectivity index (χ2v) is 5.70. The molecule has 1 amide bonds. The second kappa shape index (κ2) is 6.39. The van der Waals surface area contributed by atoms with Crippen molar-refractivity contribution >= 4 is 23.2 Å². The first-order valence-corrected chi connectivity index (χ1v) is 7.10. The maximum atomic E-state index is 12.1. The number of nitrogens with one attached hydrogen (secondary N) is 1. The number of hydrogen-bond acceptors (Lipinski definition) is 5. The van der Waals surface area contributed by atoms with Crippen molar-refractivity contribution in [1.29, 1.82) is 0 Å². The zero-order valence-electron chi connectivity index (χ0n) is 12.5. The van der Waals surface area contributed by atoms with Gasteiger partial charge in [-0.1, -0.05) is 11.6 Å². The molecule has 1 aromatic heterocycles. The number of aliphatic hydroxyl groups is 1. The summed E-state index contributed by atoms with van der Waals surface area (Å²) in [5.41, 5.74) is -1.51. The normalized spacial score (nSPS) is 13.4. The van der Waals surface area contributed by atoms with E-state index in [1.54, 1.807) is 19.1 Å². The van der Waals surface area contributed by atoms with E-state index in [0.29, 0.717) is 11.5 Å². The summed E-state index contributed by atoms with van der Waals surface area (Å²) in [7, 11) is 0. The molecule has 1 aromatic carbocycles. The van der Waals surface area contributed by atoms with Crippen LogP contribution in [-0.4, -0.2) is 22.5 Å².